The van der Waals surface area contributed by atoms with Crippen LogP contribution in [0, 0.1) is 0 Å². The summed E-state index contributed by atoms with van der Waals surface area (Å²) in [5.74, 6) is -2.47. The Balaban J connectivity index is 3.77. The molecule has 0 aliphatic heterocycles. The fourth-order valence-corrected chi connectivity index (χ4v) is 0.347. The number of carbonyl (C=O) groups excluding carboxylic acids is 2. The molecule has 0 aromatic heterocycles. The Morgan fingerprint density at radius 3 is 2.31 bits per heavy atom. The molecule has 2 amide bonds. The Kier molecular flexibility index (Phi) is 4.02. The lowest BCUT2D eigenvalue weighted by Crippen LogP contribution is -2.40. The second-order valence-corrected chi connectivity index (χ2v) is 1.85. The minimum Gasteiger partial charge on any atom is -0.336 e. The Morgan fingerprint density at radius 1 is 1.38 bits per heavy atom. The number of hydroxylamine groups is 1. The van der Waals surface area contributed by atoms with Gasteiger partial charge in [0, 0.05) is 6.54 Å². The average molecular weight is 200 g/mol. The Morgan fingerprint density at radius 2 is 1.92 bits per heavy atom. The van der Waals surface area contributed by atoms with Gasteiger partial charge < -0.3 is 10.2 Å². The molecule has 0 saturated heterocycles. The number of urea groups is 1. The van der Waals surface area contributed by atoms with Gasteiger partial charge in [-0.1, -0.05) is 0 Å². The zero-order chi connectivity index (χ0) is 10.5. The van der Waals surface area contributed by atoms with E-state index in [0.717, 1.165) is 0 Å². The van der Waals surface area contributed by atoms with E-state index >= 15 is 0 Å². The number of hydrogen-bond acceptors (Lipinski definition) is 3. The van der Waals surface area contributed by atoms with E-state index in [2.05, 4.69) is 10.2 Å². The molecule has 0 spiro atoms. The molecule has 0 atom stereocenters. The number of nitrogens with one attached hydrogen (secondary N) is 2. The van der Waals surface area contributed by atoms with Crippen molar-refractivity contribution in [2.45, 2.75) is 13.1 Å². The van der Waals surface area contributed by atoms with Crippen LogP contribution in [0.1, 0.15) is 6.92 Å². The minimum atomic E-state index is -5.11. The largest absolute Gasteiger partial charge is 0.493 e. The quantitative estimate of drug-likeness (QED) is 0.599. The van der Waals surface area contributed by atoms with Crippen molar-refractivity contribution in [2.24, 2.45) is 0 Å². The van der Waals surface area contributed by atoms with Crippen molar-refractivity contribution >= 4 is 12.0 Å². The van der Waals surface area contributed by atoms with Crippen LogP contribution in [0.15, 0.2) is 0 Å². The normalized spacial score (nSPS) is 10.5. The smallest absolute Gasteiger partial charge is 0.336 e. The number of amides is 2. The third kappa shape index (κ3) is 4.88. The van der Waals surface area contributed by atoms with Gasteiger partial charge >= 0.3 is 18.2 Å². The highest BCUT2D eigenvalue weighted by Crippen LogP contribution is 2.15. The van der Waals surface area contributed by atoms with Crippen LogP contribution in [-0.4, -0.2) is 24.7 Å². The second-order valence-electron chi connectivity index (χ2n) is 1.85. The number of halogens is 3. The molecule has 0 aromatic carbocycles. The van der Waals surface area contributed by atoms with Gasteiger partial charge in [0.05, 0.1) is 0 Å². The van der Waals surface area contributed by atoms with E-state index in [1.165, 1.54) is 5.48 Å². The van der Waals surface area contributed by atoms with E-state index in [1.54, 1.807) is 6.92 Å². The highest BCUT2D eigenvalue weighted by Gasteiger charge is 2.41. The maximum absolute atomic E-state index is 11.4. The lowest BCUT2D eigenvalue weighted by molar-refractivity contribution is -0.204. The van der Waals surface area contributed by atoms with E-state index in [1.807, 2.05) is 0 Å². The summed E-state index contributed by atoms with van der Waals surface area (Å²) in [4.78, 5) is 23.8. The molecular weight excluding hydrogens is 193 g/mol. The fourth-order valence-electron chi connectivity index (χ4n) is 0.347. The van der Waals surface area contributed by atoms with E-state index in [9.17, 15) is 22.8 Å². The number of carbonyl (C=O) groups is 2. The van der Waals surface area contributed by atoms with Crippen LogP contribution >= 0.6 is 0 Å². The monoisotopic (exact) mass is 200 g/mol. The molecule has 0 heterocycles. The summed E-state index contributed by atoms with van der Waals surface area (Å²) < 4.78 is 34.3. The molecule has 0 bridgehead atoms. The summed E-state index contributed by atoms with van der Waals surface area (Å²) >= 11 is 0. The number of hydrogen-bond donors (Lipinski definition) is 2. The van der Waals surface area contributed by atoms with Crippen LogP contribution in [0.3, 0.4) is 0 Å². The Labute approximate surface area is 71.2 Å². The third-order valence-electron chi connectivity index (χ3n) is 0.805. The fraction of sp³-hybridized carbons (Fsp3) is 0.600. The van der Waals surface area contributed by atoms with Crippen molar-refractivity contribution in [1.82, 2.24) is 10.8 Å². The van der Waals surface area contributed by atoms with Crippen LogP contribution in [0.5, 0.6) is 0 Å². The minimum absolute atomic E-state index is 0.204. The third-order valence-corrected chi connectivity index (χ3v) is 0.805. The van der Waals surface area contributed by atoms with E-state index in [-0.39, 0.29) is 6.54 Å². The van der Waals surface area contributed by atoms with E-state index in [0.29, 0.717) is 0 Å². The van der Waals surface area contributed by atoms with Crippen LogP contribution in [0.2, 0.25) is 0 Å². The predicted octanol–water partition coefficient (Wildman–Crippen LogP) is 0.326. The highest BCUT2D eigenvalue weighted by molar-refractivity contribution is 5.79. The van der Waals surface area contributed by atoms with Gasteiger partial charge in [-0.3, -0.25) is 0 Å². The molecule has 0 aliphatic rings. The van der Waals surface area contributed by atoms with Crippen LogP contribution in [0.4, 0.5) is 18.0 Å². The first kappa shape index (κ1) is 11.5. The summed E-state index contributed by atoms with van der Waals surface area (Å²) in [6.45, 7) is 1.75. The van der Waals surface area contributed by atoms with Gasteiger partial charge in [-0.05, 0) is 6.92 Å². The summed E-state index contributed by atoms with van der Waals surface area (Å²) in [5, 5.41) is 2.06. The van der Waals surface area contributed by atoms with Crippen molar-refractivity contribution in [3.63, 3.8) is 0 Å². The van der Waals surface area contributed by atoms with Crippen molar-refractivity contribution in [1.29, 1.82) is 0 Å². The molecule has 5 nitrogen and oxygen atoms in total. The van der Waals surface area contributed by atoms with Crippen molar-refractivity contribution < 1.29 is 27.6 Å². The van der Waals surface area contributed by atoms with Gasteiger partial charge in [0.1, 0.15) is 0 Å². The maximum Gasteiger partial charge on any atom is 0.493 e. The van der Waals surface area contributed by atoms with Crippen molar-refractivity contribution in [3.8, 4) is 0 Å². The summed E-state index contributed by atoms with van der Waals surface area (Å²) in [7, 11) is 0. The van der Waals surface area contributed by atoms with Crippen molar-refractivity contribution in [3.05, 3.63) is 0 Å². The van der Waals surface area contributed by atoms with Gasteiger partial charge in [-0.25, -0.2) is 9.59 Å². The van der Waals surface area contributed by atoms with Gasteiger partial charge in [0.2, 0.25) is 0 Å². The lowest BCUT2D eigenvalue weighted by Gasteiger charge is -2.07. The van der Waals surface area contributed by atoms with E-state index < -0.39 is 18.2 Å². The molecule has 76 valence electrons. The lowest BCUT2D eigenvalue weighted by atomic mass is 10.7. The molecule has 8 heteroatoms. The van der Waals surface area contributed by atoms with E-state index in [4.69, 9.17) is 0 Å². The number of alkyl halides is 3. The second kappa shape index (κ2) is 4.53. The predicted molar refractivity (Wildman–Crippen MR) is 34.4 cm³/mol. The Bertz CT molecular complexity index is 204. The first-order valence-electron chi connectivity index (χ1n) is 3.19. The molecule has 0 saturated carbocycles. The SMILES string of the molecule is CCNC(=O)NOC(=O)C(F)(F)F. The van der Waals surface area contributed by atoms with Gasteiger partial charge in [0.15, 0.2) is 0 Å². The molecule has 0 fully saturated rings. The van der Waals surface area contributed by atoms with Crippen molar-refractivity contribution in [2.75, 3.05) is 6.54 Å². The van der Waals surface area contributed by atoms with Crippen LogP contribution in [-0.2, 0) is 9.63 Å². The molecule has 0 aromatic rings. The Hall–Kier alpha value is -1.47. The molecule has 2 N–H and O–H groups in total. The highest BCUT2D eigenvalue weighted by atomic mass is 19.4. The van der Waals surface area contributed by atoms with Crippen LogP contribution < -0.4 is 10.8 Å². The van der Waals surface area contributed by atoms with Gasteiger partial charge in [0.25, 0.3) is 0 Å². The standard InChI is InChI=1S/C5H7F3N2O3/c1-2-9-4(12)10-13-3(11)5(6,7)8/h2H2,1H3,(H2,9,10,12). The van der Waals surface area contributed by atoms with Crippen LogP contribution in [0.25, 0.3) is 0 Å². The maximum atomic E-state index is 11.4. The molecular formula is C5H7F3N2O3. The average Bonchev–Trinajstić information content (AvgIpc) is 1.99. The molecule has 0 radical (unpaired) electrons. The van der Waals surface area contributed by atoms with Gasteiger partial charge in [-0.15, -0.1) is 0 Å². The summed E-state index contributed by atoms with van der Waals surface area (Å²) in [5.41, 5.74) is 1.27. The first-order valence-corrected chi connectivity index (χ1v) is 3.19. The first-order chi connectivity index (χ1) is 5.88. The molecule has 0 unspecified atom stereocenters. The summed E-state index contributed by atoms with van der Waals surface area (Å²) in [6, 6.07) is -1.01. The van der Waals surface area contributed by atoms with Gasteiger partial charge in [-0.2, -0.15) is 18.7 Å². The summed E-state index contributed by atoms with van der Waals surface area (Å²) in [6.07, 6.45) is -5.11. The molecule has 13 heavy (non-hydrogen) atoms. The zero-order valence-corrected chi connectivity index (χ0v) is 6.57. The zero-order valence-electron chi connectivity index (χ0n) is 6.57. The number of rotatable bonds is 1. The topological polar surface area (TPSA) is 67.4 Å². The molecule has 0 rings (SSSR count). The molecule has 0 aliphatic carbocycles.